The number of para-hydroxylation sites is 1. The zero-order valence-corrected chi connectivity index (χ0v) is 17.7. The van der Waals surface area contributed by atoms with Gasteiger partial charge in [0, 0.05) is 22.6 Å². The number of thiophene rings is 1. The van der Waals surface area contributed by atoms with E-state index in [1.165, 1.54) is 29.5 Å². The third-order valence-corrected chi connectivity index (χ3v) is 7.03. The monoisotopic (exact) mass is 443 g/mol. The highest BCUT2D eigenvalue weighted by molar-refractivity contribution is 7.22. The summed E-state index contributed by atoms with van der Waals surface area (Å²) in [5, 5.41) is 15.5. The number of hydrogen-bond acceptors (Lipinski definition) is 6. The highest BCUT2D eigenvalue weighted by atomic mass is 35.5. The van der Waals surface area contributed by atoms with E-state index in [1.54, 1.807) is 11.3 Å². The molecule has 0 aliphatic heterocycles. The van der Waals surface area contributed by atoms with Crippen LogP contribution in [0.15, 0.2) is 42.5 Å². The Bertz CT molecular complexity index is 1250. The van der Waals surface area contributed by atoms with Crippen molar-refractivity contribution in [3.63, 3.8) is 0 Å². The number of nitrogens with zero attached hydrogens (tertiary/aromatic N) is 2. The number of halogens is 1. The van der Waals surface area contributed by atoms with Gasteiger partial charge in [-0.15, -0.1) is 22.7 Å². The molecule has 0 aliphatic rings. The van der Waals surface area contributed by atoms with Gasteiger partial charge in [-0.05, 0) is 37.6 Å². The number of hydrogen-bond donors (Lipinski definition) is 1. The van der Waals surface area contributed by atoms with E-state index in [-0.39, 0.29) is 16.3 Å². The number of nitro benzene ring substituents is 1. The van der Waals surface area contributed by atoms with Crippen LogP contribution in [0.5, 0.6) is 0 Å². The standard InChI is InChI=1S/C20H14ClN3O3S2/c1-10-11(2)28-20(17(10)19-22-15-5-3-4-6-16(15)29-19)23-18(25)13-9-12(24(26)27)7-8-14(13)21/h3-9H,1-2H3,(H,23,25). The minimum Gasteiger partial charge on any atom is -0.313 e. The lowest BCUT2D eigenvalue weighted by Gasteiger charge is -2.07. The SMILES string of the molecule is Cc1sc(NC(=O)c2cc([N+](=O)[O-])ccc2Cl)c(-c2nc3ccccc3s2)c1C. The fourth-order valence-electron chi connectivity index (χ4n) is 2.92. The van der Waals surface area contributed by atoms with Crippen molar-refractivity contribution in [2.75, 3.05) is 5.32 Å². The number of carbonyl (C=O) groups is 1. The Morgan fingerprint density at radius 3 is 2.66 bits per heavy atom. The molecular weight excluding hydrogens is 430 g/mol. The number of amides is 1. The molecular formula is C20H14ClN3O3S2. The fourth-order valence-corrected chi connectivity index (χ4v) is 5.32. The van der Waals surface area contributed by atoms with Gasteiger partial charge in [-0.25, -0.2) is 4.98 Å². The van der Waals surface area contributed by atoms with Gasteiger partial charge in [-0.1, -0.05) is 23.7 Å². The number of anilines is 1. The van der Waals surface area contributed by atoms with E-state index in [1.807, 2.05) is 38.1 Å². The van der Waals surface area contributed by atoms with Crippen molar-refractivity contribution in [2.45, 2.75) is 13.8 Å². The highest BCUT2D eigenvalue weighted by Gasteiger charge is 2.22. The van der Waals surface area contributed by atoms with Gasteiger partial charge in [0.25, 0.3) is 11.6 Å². The van der Waals surface area contributed by atoms with Crippen LogP contribution in [0.2, 0.25) is 5.02 Å². The zero-order valence-electron chi connectivity index (χ0n) is 15.4. The lowest BCUT2D eigenvalue weighted by Crippen LogP contribution is -2.12. The molecule has 4 rings (SSSR count). The minimum atomic E-state index is -0.556. The molecule has 2 heterocycles. The molecule has 0 saturated heterocycles. The highest BCUT2D eigenvalue weighted by Crippen LogP contribution is 2.43. The number of rotatable bonds is 4. The van der Waals surface area contributed by atoms with E-state index in [0.29, 0.717) is 5.00 Å². The Kier molecular flexibility index (Phi) is 5.08. The van der Waals surface area contributed by atoms with Crippen LogP contribution in [0.3, 0.4) is 0 Å². The van der Waals surface area contributed by atoms with Crippen LogP contribution in [0.25, 0.3) is 20.8 Å². The van der Waals surface area contributed by atoms with Crippen molar-refractivity contribution in [1.82, 2.24) is 4.98 Å². The van der Waals surface area contributed by atoms with Crippen LogP contribution in [-0.2, 0) is 0 Å². The first kappa shape index (κ1) is 19.5. The number of non-ortho nitro benzene ring substituents is 1. The average molecular weight is 444 g/mol. The molecule has 0 atom stereocenters. The predicted octanol–water partition coefficient (Wildman–Crippen LogP) is 6.46. The second-order valence-corrected chi connectivity index (χ2v) is 9.01. The van der Waals surface area contributed by atoms with Crippen molar-refractivity contribution >= 4 is 61.1 Å². The number of aromatic nitrogens is 1. The molecule has 0 fully saturated rings. The second-order valence-electron chi connectivity index (χ2n) is 6.35. The summed E-state index contributed by atoms with van der Waals surface area (Å²) in [5.41, 5.74) is 2.66. The summed E-state index contributed by atoms with van der Waals surface area (Å²) in [6, 6.07) is 11.7. The Hall–Kier alpha value is -2.81. The number of carbonyl (C=O) groups excluding carboxylic acids is 1. The van der Waals surface area contributed by atoms with Gasteiger partial charge < -0.3 is 5.32 Å². The smallest absolute Gasteiger partial charge is 0.270 e. The molecule has 0 bridgehead atoms. The van der Waals surface area contributed by atoms with Crippen molar-refractivity contribution in [3.05, 3.63) is 73.6 Å². The molecule has 4 aromatic rings. The topological polar surface area (TPSA) is 85.1 Å². The quantitative estimate of drug-likeness (QED) is 0.290. The first-order valence-electron chi connectivity index (χ1n) is 8.56. The second kappa shape index (κ2) is 7.55. The summed E-state index contributed by atoms with van der Waals surface area (Å²) < 4.78 is 1.06. The molecule has 2 aromatic heterocycles. The molecule has 0 unspecified atom stereocenters. The Morgan fingerprint density at radius 2 is 1.93 bits per heavy atom. The van der Waals surface area contributed by atoms with Gasteiger partial charge in [-0.2, -0.15) is 0 Å². The van der Waals surface area contributed by atoms with Crippen LogP contribution in [0.1, 0.15) is 20.8 Å². The molecule has 6 nitrogen and oxygen atoms in total. The van der Waals surface area contributed by atoms with Crippen LogP contribution >= 0.6 is 34.3 Å². The largest absolute Gasteiger partial charge is 0.313 e. The molecule has 0 aliphatic carbocycles. The molecule has 0 saturated carbocycles. The first-order valence-corrected chi connectivity index (χ1v) is 10.6. The van der Waals surface area contributed by atoms with Gasteiger partial charge >= 0.3 is 0 Å². The van der Waals surface area contributed by atoms with Crippen LogP contribution in [0, 0.1) is 24.0 Å². The van der Waals surface area contributed by atoms with E-state index < -0.39 is 10.8 Å². The predicted molar refractivity (Wildman–Crippen MR) is 118 cm³/mol. The number of benzene rings is 2. The maximum Gasteiger partial charge on any atom is 0.270 e. The number of aryl methyl sites for hydroxylation is 1. The summed E-state index contributed by atoms with van der Waals surface area (Å²) >= 11 is 9.11. The first-order chi connectivity index (χ1) is 13.8. The third kappa shape index (κ3) is 3.62. The van der Waals surface area contributed by atoms with E-state index in [0.717, 1.165) is 31.2 Å². The number of nitrogens with one attached hydrogen (secondary N) is 1. The molecule has 0 radical (unpaired) electrons. The number of thiazole rings is 1. The average Bonchev–Trinajstić information content (AvgIpc) is 3.22. The van der Waals surface area contributed by atoms with Gasteiger partial charge in [-0.3, -0.25) is 14.9 Å². The molecule has 0 spiro atoms. The Morgan fingerprint density at radius 1 is 1.17 bits per heavy atom. The zero-order chi connectivity index (χ0) is 20.7. The number of nitro groups is 1. The molecule has 1 amide bonds. The van der Waals surface area contributed by atoms with E-state index in [2.05, 4.69) is 5.32 Å². The van der Waals surface area contributed by atoms with Gasteiger partial charge in [0.05, 0.1) is 25.7 Å². The maximum atomic E-state index is 12.9. The maximum absolute atomic E-state index is 12.9. The van der Waals surface area contributed by atoms with Crippen molar-refractivity contribution in [3.8, 4) is 10.6 Å². The Balaban J connectivity index is 1.75. The molecule has 1 N–H and O–H groups in total. The Labute approximate surface area is 178 Å². The van der Waals surface area contributed by atoms with E-state index in [9.17, 15) is 14.9 Å². The minimum absolute atomic E-state index is 0.0554. The van der Waals surface area contributed by atoms with Crippen molar-refractivity contribution in [1.29, 1.82) is 0 Å². The summed E-state index contributed by atoms with van der Waals surface area (Å²) in [6.07, 6.45) is 0. The lowest BCUT2D eigenvalue weighted by molar-refractivity contribution is -0.384. The van der Waals surface area contributed by atoms with Crippen LogP contribution in [0.4, 0.5) is 10.7 Å². The van der Waals surface area contributed by atoms with Gasteiger partial charge in [0.15, 0.2) is 0 Å². The van der Waals surface area contributed by atoms with Gasteiger partial charge in [0.2, 0.25) is 0 Å². The summed E-state index contributed by atoms with van der Waals surface area (Å²) in [7, 11) is 0. The van der Waals surface area contributed by atoms with Crippen molar-refractivity contribution in [2.24, 2.45) is 0 Å². The molecule has 2 aromatic carbocycles. The van der Waals surface area contributed by atoms with E-state index >= 15 is 0 Å². The summed E-state index contributed by atoms with van der Waals surface area (Å²) in [4.78, 5) is 29.1. The normalized spacial score (nSPS) is 11.0. The lowest BCUT2D eigenvalue weighted by atomic mass is 10.1. The summed E-state index contributed by atoms with van der Waals surface area (Å²) in [6.45, 7) is 3.97. The van der Waals surface area contributed by atoms with Crippen molar-refractivity contribution < 1.29 is 9.72 Å². The fraction of sp³-hybridized carbons (Fsp3) is 0.100. The van der Waals surface area contributed by atoms with Crippen LogP contribution in [-0.4, -0.2) is 15.8 Å². The molecule has 29 heavy (non-hydrogen) atoms. The third-order valence-electron chi connectivity index (χ3n) is 4.53. The number of fused-ring (bicyclic) bond motifs is 1. The van der Waals surface area contributed by atoms with Crippen LogP contribution < -0.4 is 5.32 Å². The molecule has 9 heteroatoms. The summed E-state index contributed by atoms with van der Waals surface area (Å²) in [5.74, 6) is -0.498. The molecule has 146 valence electrons. The van der Waals surface area contributed by atoms with Gasteiger partial charge in [0.1, 0.15) is 10.0 Å². The van der Waals surface area contributed by atoms with E-state index in [4.69, 9.17) is 16.6 Å².